The van der Waals surface area contributed by atoms with E-state index < -0.39 is 0 Å². The molecule has 1 atom stereocenters. The van der Waals surface area contributed by atoms with Gasteiger partial charge in [-0.25, -0.2) is 0 Å². The zero-order valence-corrected chi connectivity index (χ0v) is 11.8. The van der Waals surface area contributed by atoms with Gasteiger partial charge in [0.1, 0.15) is 0 Å². The molecule has 0 amide bonds. The summed E-state index contributed by atoms with van der Waals surface area (Å²) in [7, 11) is 0. The molecular weight excluding hydrogens is 220 g/mol. The van der Waals surface area contributed by atoms with Gasteiger partial charge in [0, 0.05) is 13.1 Å². The molecule has 0 radical (unpaired) electrons. The lowest BCUT2D eigenvalue weighted by Gasteiger charge is -2.32. The Balaban J connectivity index is 1.95. The molecule has 1 heterocycles. The first-order valence-corrected chi connectivity index (χ1v) is 7.17. The van der Waals surface area contributed by atoms with Gasteiger partial charge in [-0.2, -0.15) is 0 Å². The lowest BCUT2D eigenvalue weighted by molar-refractivity contribution is 0.163. The molecule has 0 bridgehead atoms. The average molecular weight is 246 g/mol. The Labute approximate surface area is 111 Å². The summed E-state index contributed by atoms with van der Waals surface area (Å²) in [5.41, 5.74) is 9.89. The summed E-state index contributed by atoms with van der Waals surface area (Å²) in [6, 6.07) is 6.88. The highest BCUT2D eigenvalue weighted by Gasteiger charge is 2.19. The van der Waals surface area contributed by atoms with E-state index in [1.807, 2.05) is 0 Å². The molecule has 0 aliphatic carbocycles. The number of hydrogen-bond acceptors (Lipinski definition) is 2. The molecule has 1 aromatic carbocycles. The zero-order valence-electron chi connectivity index (χ0n) is 11.8. The van der Waals surface area contributed by atoms with Crippen molar-refractivity contribution in [2.45, 2.75) is 39.7 Å². The molecule has 1 aliphatic rings. The Morgan fingerprint density at radius 2 is 1.94 bits per heavy atom. The summed E-state index contributed by atoms with van der Waals surface area (Å²) in [6.07, 6.45) is 3.87. The van der Waals surface area contributed by atoms with Gasteiger partial charge in [0.05, 0.1) is 0 Å². The van der Waals surface area contributed by atoms with E-state index in [0.29, 0.717) is 0 Å². The van der Waals surface area contributed by atoms with Crippen molar-refractivity contribution in [1.29, 1.82) is 0 Å². The SMILES string of the molecule is Cc1cc(C)cc(CN2CCCC(CCN)C2)c1. The van der Waals surface area contributed by atoms with Gasteiger partial charge in [-0.05, 0) is 57.7 Å². The van der Waals surface area contributed by atoms with Crippen molar-refractivity contribution in [1.82, 2.24) is 4.90 Å². The Hall–Kier alpha value is -0.860. The Kier molecular flexibility index (Phi) is 4.79. The van der Waals surface area contributed by atoms with E-state index in [9.17, 15) is 0 Å². The molecule has 18 heavy (non-hydrogen) atoms. The van der Waals surface area contributed by atoms with Crippen LogP contribution in [-0.2, 0) is 6.54 Å². The molecule has 2 heteroatoms. The fraction of sp³-hybridized carbons (Fsp3) is 0.625. The van der Waals surface area contributed by atoms with E-state index in [1.165, 1.54) is 49.0 Å². The van der Waals surface area contributed by atoms with Gasteiger partial charge in [-0.15, -0.1) is 0 Å². The standard InChI is InChI=1S/C16H26N2/c1-13-8-14(2)10-16(9-13)12-18-7-3-4-15(11-18)5-6-17/h8-10,15H,3-7,11-12,17H2,1-2H3. The monoisotopic (exact) mass is 246 g/mol. The minimum Gasteiger partial charge on any atom is -0.330 e. The summed E-state index contributed by atoms with van der Waals surface area (Å²) < 4.78 is 0. The third-order valence-corrected chi connectivity index (χ3v) is 3.87. The van der Waals surface area contributed by atoms with Crippen molar-refractivity contribution in [2.75, 3.05) is 19.6 Å². The van der Waals surface area contributed by atoms with Crippen molar-refractivity contribution in [3.63, 3.8) is 0 Å². The fourth-order valence-corrected chi connectivity index (χ4v) is 3.18. The Bertz CT molecular complexity index is 364. The van der Waals surface area contributed by atoms with Crippen molar-refractivity contribution in [3.05, 3.63) is 34.9 Å². The highest BCUT2D eigenvalue weighted by atomic mass is 15.1. The van der Waals surface area contributed by atoms with Gasteiger partial charge < -0.3 is 5.73 Å². The van der Waals surface area contributed by atoms with Crippen LogP contribution in [0.4, 0.5) is 0 Å². The quantitative estimate of drug-likeness (QED) is 0.885. The molecule has 1 aliphatic heterocycles. The molecule has 2 rings (SSSR count). The van der Waals surface area contributed by atoms with E-state index in [0.717, 1.165) is 19.0 Å². The molecule has 1 aromatic rings. The van der Waals surface area contributed by atoms with Crippen LogP contribution in [0.5, 0.6) is 0 Å². The number of rotatable bonds is 4. The van der Waals surface area contributed by atoms with Crippen LogP contribution in [0.25, 0.3) is 0 Å². The summed E-state index contributed by atoms with van der Waals surface area (Å²) in [6.45, 7) is 8.78. The maximum atomic E-state index is 5.68. The van der Waals surface area contributed by atoms with Crippen molar-refractivity contribution >= 4 is 0 Å². The summed E-state index contributed by atoms with van der Waals surface area (Å²) in [5, 5.41) is 0. The van der Waals surface area contributed by atoms with Crippen LogP contribution in [0.3, 0.4) is 0 Å². The van der Waals surface area contributed by atoms with Gasteiger partial charge in [-0.3, -0.25) is 4.90 Å². The molecule has 2 nitrogen and oxygen atoms in total. The largest absolute Gasteiger partial charge is 0.330 e. The number of nitrogens with zero attached hydrogens (tertiary/aromatic N) is 1. The first-order valence-electron chi connectivity index (χ1n) is 7.17. The molecule has 0 spiro atoms. The van der Waals surface area contributed by atoms with E-state index in [4.69, 9.17) is 5.73 Å². The zero-order chi connectivity index (χ0) is 13.0. The van der Waals surface area contributed by atoms with E-state index in [1.54, 1.807) is 0 Å². The van der Waals surface area contributed by atoms with Crippen LogP contribution >= 0.6 is 0 Å². The van der Waals surface area contributed by atoms with Crippen molar-refractivity contribution < 1.29 is 0 Å². The third kappa shape index (κ3) is 3.82. The first kappa shape index (κ1) is 13.6. The fourth-order valence-electron chi connectivity index (χ4n) is 3.18. The smallest absolute Gasteiger partial charge is 0.0234 e. The predicted molar refractivity (Wildman–Crippen MR) is 77.6 cm³/mol. The molecular formula is C16H26N2. The van der Waals surface area contributed by atoms with Crippen molar-refractivity contribution in [3.8, 4) is 0 Å². The molecule has 1 saturated heterocycles. The number of hydrogen-bond donors (Lipinski definition) is 1. The number of nitrogens with two attached hydrogens (primary N) is 1. The summed E-state index contributed by atoms with van der Waals surface area (Å²) in [5.74, 6) is 0.814. The molecule has 2 N–H and O–H groups in total. The van der Waals surface area contributed by atoms with Gasteiger partial charge in [0.25, 0.3) is 0 Å². The minimum absolute atomic E-state index is 0.814. The van der Waals surface area contributed by atoms with E-state index in [-0.39, 0.29) is 0 Å². The molecule has 0 saturated carbocycles. The normalized spacial score (nSPS) is 21.2. The summed E-state index contributed by atoms with van der Waals surface area (Å²) in [4.78, 5) is 2.60. The minimum atomic E-state index is 0.814. The predicted octanol–water partition coefficient (Wildman–Crippen LogP) is 2.86. The lowest BCUT2D eigenvalue weighted by atomic mass is 9.94. The first-order chi connectivity index (χ1) is 8.67. The van der Waals surface area contributed by atoms with Gasteiger partial charge in [-0.1, -0.05) is 29.3 Å². The molecule has 0 aromatic heterocycles. The highest BCUT2D eigenvalue weighted by molar-refractivity contribution is 5.28. The van der Waals surface area contributed by atoms with Crippen molar-refractivity contribution in [2.24, 2.45) is 11.7 Å². The molecule has 1 unspecified atom stereocenters. The second kappa shape index (κ2) is 6.35. The Morgan fingerprint density at radius 1 is 1.22 bits per heavy atom. The van der Waals surface area contributed by atoms with Crippen LogP contribution in [-0.4, -0.2) is 24.5 Å². The number of piperidine rings is 1. The van der Waals surface area contributed by atoms with Gasteiger partial charge >= 0.3 is 0 Å². The Morgan fingerprint density at radius 3 is 2.61 bits per heavy atom. The third-order valence-electron chi connectivity index (χ3n) is 3.87. The maximum absolute atomic E-state index is 5.68. The van der Waals surface area contributed by atoms with Gasteiger partial charge in [0.15, 0.2) is 0 Å². The van der Waals surface area contributed by atoms with Gasteiger partial charge in [0.2, 0.25) is 0 Å². The van der Waals surface area contributed by atoms with Crippen LogP contribution in [0, 0.1) is 19.8 Å². The average Bonchev–Trinajstić information content (AvgIpc) is 2.28. The second-order valence-corrected chi connectivity index (χ2v) is 5.82. The second-order valence-electron chi connectivity index (χ2n) is 5.82. The maximum Gasteiger partial charge on any atom is 0.0234 e. The molecule has 1 fully saturated rings. The number of likely N-dealkylation sites (tertiary alicyclic amines) is 1. The van der Waals surface area contributed by atoms with E-state index in [2.05, 4.69) is 36.9 Å². The van der Waals surface area contributed by atoms with Crippen LogP contribution in [0.1, 0.15) is 36.0 Å². The highest BCUT2D eigenvalue weighted by Crippen LogP contribution is 2.21. The lowest BCUT2D eigenvalue weighted by Crippen LogP contribution is -2.35. The molecule has 100 valence electrons. The van der Waals surface area contributed by atoms with E-state index >= 15 is 0 Å². The number of aryl methyl sites for hydroxylation is 2. The number of benzene rings is 1. The van der Waals surface area contributed by atoms with Crippen LogP contribution < -0.4 is 5.73 Å². The summed E-state index contributed by atoms with van der Waals surface area (Å²) >= 11 is 0. The topological polar surface area (TPSA) is 29.3 Å². The van der Waals surface area contributed by atoms with Crippen LogP contribution in [0.15, 0.2) is 18.2 Å². The van der Waals surface area contributed by atoms with Crippen LogP contribution in [0.2, 0.25) is 0 Å².